The van der Waals surface area contributed by atoms with Gasteiger partial charge >= 0.3 is 11.8 Å². The molecule has 0 fully saturated rings. The first kappa shape index (κ1) is 18.7. The van der Waals surface area contributed by atoms with Crippen molar-refractivity contribution >= 4 is 45.0 Å². The summed E-state index contributed by atoms with van der Waals surface area (Å²) >= 11 is 15.1. The number of hydrogen-bond donors (Lipinski definition) is 2. The first-order valence-electron chi connectivity index (χ1n) is 7.49. The molecule has 2 aromatic carbocycles. The minimum atomic E-state index is -0.475. The van der Waals surface area contributed by atoms with Crippen LogP contribution in [0.15, 0.2) is 45.4 Å². The van der Waals surface area contributed by atoms with Gasteiger partial charge in [0.1, 0.15) is 0 Å². The van der Waals surface area contributed by atoms with Crippen LogP contribution in [-0.2, 0) is 6.42 Å². The summed E-state index contributed by atoms with van der Waals surface area (Å²) in [5.41, 5.74) is 1.52. The number of benzene rings is 2. The second-order valence-electron chi connectivity index (χ2n) is 5.34. The smallest absolute Gasteiger partial charge is 0.316 e. The molecule has 0 spiro atoms. The number of phenolic OH excluding ortho intramolecular Hbond substituents is 1. The van der Waals surface area contributed by atoms with E-state index < -0.39 is 5.91 Å². The molecule has 0 aliphatic carbocycles. The van der Waals surface area contributed by atoms with Gasteiger partial charge in [-0.25, -0.2) is 0 Å². The second kappa shape index (κ2) is 8.07. The topological polar surface area (TPSA) is 88.2 Å². The van der Waals surface area contributed by atoms with Crippen LogP contribution < -0.4 is 5.32 Å². The van der Waals surface area contributed by atoms with E-state index in [1.165, 1.54) is 12.1 Å². The van der Waals surface area contributed by atoms with E-state index in [2.05, 4.69) is 31.4 Å². The van der Waals surface area contributed by atoms with Gasteiger partial charge in [0.25, 0.3) is 0 Å². The highest BCUT2D eigenvalue weighted by Gasteiger charge is 2.17. The summed E-state index contributed by atoms with van der Waals surface area (Å²) in [6, 6.07) is 10.7. The first-order chi connectivity index (χ1) is 12.4. The van der Waals surface area contributed by atoms with Crippen molar-refractivity contribution in [2.75, 3.05) is 6.54 Å². The fourth-order valence-corrected chi connectivity index (χ4v) is 2.93. The normalized spacial score (nSPS) is 10.7. The Bertz CT molecular complexity index is 922. The van der Waals surface area contributed by atoms with Gasteiger partial charge in [-0.2, -0.15) is 4.98 Å². The minimum absolute atomic E-state index is 0.0535. The molecule has 9 heteroatoms. The van der Waals surface area contributed by atoms with Crippen LogP contribution in [0.4, 0.5) is 0 Å². The monoisotopic (exact) mass is 455 g/mol. The van der Waals surface area contributed by atoms with Crippen molar-refractivity contribution in [3.63, 3.8) is 0 Å². The molecule has 0 atom stereocenters. The van der Waals surface area contributed by atoms with Crippen molar-refractivity contribution in [1.29, 1.82) is 0 Å². The molecule has 0 saturated carbocycles. The average Bonchev–Trinajstić information content (AvgIpc) is 3.11. The third kappa shape index (κ3) is 4.35. The maximum Gasteiger partial charge on any atom is 0.316 e. The Labute approximate surface area is 167 Å². The van der Waals surface area contributed by atoms with Gasteiger partial charge in [-0.1, -0.05) is 56.4 Å². The number of nitrogens with zero attached hydrogens (tertiary/aromatic N) is 2. The van der Waals surface area contributed by atoms with Crippen molar-refractivity contribution in [3.05, 3.63) is 62.4 Å². The van der Waals surface area contributed by atoms with E-state index in [0.29, 0.717) is 18.5 Å². The maximum atomic E-state index is 12.1. The number of amides is 1. The zero-order valence-corrected chi connectivity index (χ0v) is 16.3. The van der Waals surface area contributed by atoms with Crippen LogP contribution in [0.5, 0.6) is 5.75 Å². The molecule has 134 valence electrons. The van der Waals surface area contributed by atoms with Crippen LogP contribution >= 0.6 is 39.1 Å². The molecular weight excluding hydrogens is 445 g/mol. The standard InChI is InChI=1S/C17H12BrCl2N3O3/c18-11-3-1-9(2-4-11)5-6-21-16(25)17-22-15(23-26-17)10-7-12(19)14(24)13(20)8-10/h1-4,7-8,24H,5-6H2,(H,21,25). The zero-order valence-electron chi connectivity index (χ0n) is 13.2. The molecule has 0 unspecified atom stereocenters. The van der Waals surface area contributed by atoms with E-state index >= 15 is 0 Å². The highest BCUT2D eigenvalue weighted by Crippen LogP contribution is 2.35. The predicted molar refractivity (Wildman–Crippen MR) is 102 cm³/mol. The van der Waals surface area contributed by atoms with Gasteiger partial charge in [0, 0.05) is 16.6 Å². The molecule has 0 aliphatic heterocycles. The summed E-state index contributed by atoms with van der Waals surface area (Å²) in [7, 11) is 0. The number of phenols is 1. The highest BCUT2D eigenvalue weighted by molar-refractivity contribution is 9.10. The Morgan fingerprint density at radius 2 is 1.85 bits per heavy atom. The van der Waals surface area contributed by atoms with E-state index in [9.17, 15) is 9.90 Å². The van der Waals surface area contributed by atoms with Gasteiger partial charge in [0.2, 0.25) is 5.82 Å². The number of halogens is 3. The SMILES string of the molecule is O=C(NCCc1ccc(Br)cc1)c1nc(-c2cc(Cl)c(O)c(Cl)c2)no1. The van der Waals surface area contributed by atoms with Gasteiger partial charge in [-0.15, -0.1) is 0 Å². The van der Waals surface area contributed by atoms with Crippen LogP contribution in [-0.4, -0.2) is 27.7 Å². The number of rotatable bonds is 5. The number of aromatic nitrogens is 2. The molecule has 0 radical (unpaired) electrons. The third-order valence-corrected chi connectivity index (χ3v) is 4.61. The Morgan fingerprint density at radius 1 is 1.19 bits per heavy atom. The Hall–Kier alpha value is -2.09. The second-order valence-corrected chi connectivity index (χ2v) is 7.07. The number of carbonyl (C=O) groups excluding carboxylic acids is 1. The van der Waals surface area contributed by atoms with E-state index in [-0.39, 0.29) is 27.5 Å². The predicted octanol–water partition coefficient (Wildman–Crippen LogP) is 4.48. The zero-order chi connectivity index (χ0) is 18.7. The van der Waals surface area contributed by atoms with Crippen molar-refractivity contribution in [2.45, 2.75) is 6.42 Å². The van der Waals surface area contributed by atoms with Crippen molar-refractivity contribution < 1.29 is 14.4 Å². The molecular formula is C17H12BrCl2N3O3. The maximum absolute atomic E-state index is 12.1. The fourth-order valence-electron chi connectivity index (χ4n) is 2.17. The number of aromatic hydroxyl groups is 1. The van der Waals surface area contributed by atoms with Crippen LogP contribution in [0.3, 0.4) is 0 Å². The summed E-state index contributed by atoms with van der Waals surface area (Å²) in [6.45, 7) is 0.426. The van der Waals surface area contributed by atoms with Gasteiger partial charge < -0.3 is 14.9 Å². The largest absolute Gasteiger partial charge is 0.505 e. The average molecular weight is 457 g/mol. The highest BCUT2D eigenvalue weighted by atomic mass is 79.9. The molecule has 3 rings (SSSR count). The van der Waals surface area contributed by atoms with Gasteiger partial charge in [0.05, 0.1) is 10.0 Å². The molecule has 2 N–H and O–H groups in total. The molecule has 0 bridgehead atoms. The molecule has 1 aromatic heterocycles. The lowest BCUT2D eigenvalue weighted by Gasteiger charge is -2.03. The lowest BCUT2D eigenvalue weighted by atomic mass is 10.1. The van der Waals surface area contributed by atoms with E-state index in [0.717, 1.165) is 10.0 Å². The molecule has 6 nitrogen and oxygen atoms in total. The van der Waals surface area contributed by atoms with E-state index in [1.807, 2.05) is 24.3 Å². The molecule has 0 saturated heterocycles. The Kier molecular flexibility index (Phi) is 5.80. The summed E-state index contributed by atoms with van der Waals surface area (Å²) in [6.07, 6.45) is 0.670. The lowest BCUT2D eigenvalue weighted by Crippen LogP contribution is -2.25. The number of carbonyl (C=O) groups is 1. The molecule has 1 amide bonds. The lowest BCUT2D eigenvalue weighted by molar-refractivity contribution is 0.0910. The van der Waals surface area contributed by atoms with Crippen LogP contribution in [0, 0.1) is 0 Å². The summed E-state index contributed by atoms with van der Waals surface area (Å²) in [5.74, 6) is -0.730. The third-order valence-electron chi connectivity index (χ3n) is 3.51. The van der Waals surface area contributed by atoms with Crippen molar-refractivity contribution in [3.8, 4) is 17.1 Å². The fraction of sp³-hybridized carbons (Fsp3) is 0.118. The van der Waals surface area contributed by atoms with Crippen LogP contribution in [0.1, 0.15) is 16.2 Å². The van der Waals surface area contributed by atoms with Crippen LogP contribution in [0.25, 0.3) is 11.4 Å². The Morgan fingerprint density at radius 3 is 2.50 bits per heavy atom. The van der Waals surface area contributed by atoms with Gasteiger partial charge in [-0.3, -0.25) is 4.79 Å². The van der Waals surface area contributed by atoms with Crippen molar-refractivity contribution in [1.82, 2.24) is 15.5 Å². The molecule has 26 heavy (non-hydrogen) atoms. The van der Waals surface area contributed by atoms with Gasteiger partial charge in [0.15, 0.2) is 5.75 Å². The van der Waals surface area contributed by atoms with E-state index in [1.54, 1.807) is 0 Å². The summed E-state index contributed by atoms with van der Waals surface area (Å²) in [5, 5.41) is 16.2. The quantitative estimate of drug-likeness (QED) is 0.590. The Balaban J connectivity index is 1.63. The van der Waals surface area contributed by atoms with Crippen LogP contribution in [0.2, 0.25) is 10.0 Å². The van der Waals surface area contributed by atoms with E-state index in [4.69, 9.17) is 27.7 Å². The summed E-state index contributed by atoms with van der Waals surface area (Å²) < 4.78 is 5.98. The number of nitrogens with one attached hydrogen (secondary N) is 1. The number of hydrogen-bond acceptors (Lipinski definition) is 5. The molecule has 0 aliphatic rings. The molecule has 3 aromatic rings. The summed E-state index contributed by atoms with van der Waals surface area (Å²) in [4.78, 5) is 16.1. The molecule has 1 heterocycles. The first-order valence-corrected chi connectivity index (χ1v) is 9.03. The van der Waals surface area contributed by atoms with Crippen molar-refractivity contribution in [2.24, 2.45) is 0 Å². The minimum Gasteiger partial charge on any atom is -0.505 e. The van der Waals surface area contributed by atoms with Gasteiger partial charge in [-0.05, 0) is 36.2 Å².